The molecule has 0 saturated carbocycles. The van der Waals surface area contributed by atoms with Gasteiger partial charge >= 0.3 is 0 Å². The molecule has 0 aliphatic rings. The number of ether oxygens (including phenoxy) is 2. The van der Waals surface area contributed by atoms with E-state index in [1.807, 2.05) is 6.92 Å². The number of hydrogen-bond acceptors (Lipinski definition) is 7. The van der Waals surface area contributed by atoms with Crippen LogP contribution in [0.1, 0.15) is 6.92 Å². The molecule has 1 heterocycles. The Morgan fingerprint density at radius 2 is 2.09 bits per heavy atom. The second-order valence-corrected chi connectivity index (χ2v) is 4.28. The third-order valence-corrected chi connectivity index (χ3v) is 2.84. The lowest BCUT2D eigenvalue weighted by Crippen LogP contribution is -2.12. The number of nitrogens with zero attached hydrogens (tertiary/aromatic N) is 2. The fourth-order valence-corrected chi connectivity index (χ4v) is 1.84. The lowest BCUT2D eigenvalue weighted by Gasteiger charge is -2.11. The second kappa shape index (κ2) is 7.32. The van der Waals surface area contributed by atoms with Crippen molar-refractivity contribution in [3.05, 3.63) is 39.5 Å². The van der Waals surface area contributed by atoms with Crippen LogP contribution < -0.4 is 16.0 Å². The van der Waals surface area contributed by atoms with Crippen molar-refractivity contribution < 1.29 is 9.47 Å². The second-order valence-electron chi connectivity index (χ2n) is 4.28. The number of para-hydroxylation sites is 1. The van der Waals surface area contributed by atoms with Crippen molar-refractivity contribution in [3.63, 3.8) is 0 Å². The lowest BCUT2D eigenvalue weighted by atomic mass is 10.2. The summed E-state index contributed by atoms with van der Waals surface area (Å²) in [6.07, 6.45) is 0. The average molecular weight is 304 g/mol. The van der Waals surface area contributed by atoms with Crippen LogP contribution >= 0.6 is 0 Å². The zero-order chi connectivity index (χ0) is 15.9. The molecule has 0 amide bonds. The van der Waals surface area contributed by atoms with Crippen LogP contribution in [0.2, 0.25) is 0 Å². The molecule has 3 N–H and O–H groups in total. The Morgan fingerprint density at radius 1 is 1.32 bits per heavy atom. The molecular formula is C14H16N4O4. The summed E-state index contributed by atoms with van der Waals surface area (Å²) in [5.74, 6) is 0.511. The molecular weight excluding hydrogens is 288 g/mol. The van der Waals surface area contributed by atoms with Crippen LogP contribution in [0.15, 0.2) is 34.2 Å². The highest BCUT2D eigenvalue weighted by Crippen LogP contribution is 2.28. The van der Waals surface area contributed by atoms with Crippen molar-refractivity contribution >= 4 is 11.5 Å². The highest BCUT2D eigenvalue weighted by molar-refractivity contribution is 5.67. The van der Waals surface area contributed by atoms with Gasteiger partial charge in [0.2, 0.25) is 5.69 Å². The number of aromatic nitrogens is 2. The lowest BCUT2D eigenvalue weighted by molar-refractivity contribution is 0.110. The van der Waals surface area contributed by atoms with Gasteiger partial charge in [0, 0.05) is 6.61 Å². The van der Waals surface area contributed by atoms with E-state index >= 15 is 0 Å². The van der Waals surface area contributed by atoms with Crippen LogP contribution in [-0.4, -0.2) is 29.8 Å². The molecule has 0 unspecified atom stereocenters. The third-order valence-electron chi connectivity index (χ3n) is 2.84. The number of nitrogen functional groups attached to an aromatic ring is 1. The molecule has 116 valence electrons. The molecule has 0 spiro atoms. The van der Waals surface area contributed by atoms with Gasteiger partial charge in [-0.05, 0) is 24.2 Å². The maximum Gasteiger partial charge on any atom is 0.282 e. The molecule has 22 heavy (non-hydrogen) atoms. The summed E-state index contributed by atoms with van der Waals surface area (Å²) in [4.78, 5) is 28.8. The third kappa shape index (κ3) is 3.47. The Bertz CT molecular complexity index is 714. The van der Waals surface area contributed by atoms with Crippen molar-refractivity contribution in [3.8, 4) is 17.1 Å². The summed E-state index contributed by atoms with van der Waals surface area (Å²) in [6.45, 7) is 3.31. The zero-order valence-electron chi connectivity index (χ0n) is 12.0. The number of H-pyrrole nitrogens is 1. The van der Waals surface area contributed by atoms with Crippen LogP contribution in [0.3, 0.4) is 0 Å². The van der Waals surface area contributed by atoms with Crippen LogP contribution in [0.25, 0.3) is 11.4 Å². The topological polar surface area (TPSA) is 120 Å². The number of aromatic amines is 1. The number of anilines is 1. The van der Waals surface area contributed by atoms with E-state index in [0.717, 1.165) is 0 Å². The summed E-state index contributed by atoms with van der Waals surface area (Å²) in [5.41, 5.74) is 5.01. The minimum Gasteiger partial charge on any atom is -0.490 e. The van der Waals surface area contributed by atoms with Gasteiger partial charge in [-0.2, -0.15) is 0 Å². The molecule has 2 aromatic rings. The number of nitroso groups, excluding NO2 is 1. The first-order valence-electron chi connectivity index (χ1n) is 6.70. The number of benzene rings is 1. The van der Waals surface area contributed by atoms with Crippen molar-refractivity contribution in [1.29, 1.82) is 0 Å². The van der Waals surface area contributed by atoms with Gasteiger partial charge in [-0.15, -0.1) is 4.91 Å². The van der Waals surface area contributed by atoms with Gasteiger partial charge in [-0.3, -0.25) is 4.79 Å². The van der Waals surface area contributed by atoms with E-state index in [2.05, 4.69) is 15.1 Å². The van der Waals surface area contributed by atoms with Crippen molar-refractivity contribution in [2.24, 2.45) is 5.18 Å². The zero-order valence-corrected chi connectivity index (χ0v) is 12.0. The Morgan fingerprint density at radius 3 is 2.77 bits per heavy atom. The smallest absolute Gasteiger partial charge is 0.282 e. The molecule has 0 aliphatic heterocycles. The van der Waals surface area contributed by atoms with E-state index in [-0.39, 0.29) is 11.6 Å². The first kappa shape index (κ1) is 15.6. The predicted octanol–water partition coefficient (Wildman–Crippen LogP) is 1.83. The van der Waals surface area contributed by atoms with E-state index < -0.39 is 11.2 Å². The van der Waals surface area contributed by atoms with E-state index in [1.54, 1.807) is 24.3 Å². The monoisotopic (exact) mass is 304 g/mol. The van der Waals surface area contributed by atoms with E-state index in [0.29, 0.717) is 31.1 Å². The fourth-order valence-electron chi connectivity index (χ4n) is 1.84. The Labute approximate surface area is 126 Å². The SMILES string of the molecule is CCOCCOc1ccccc1-c1nc(N)c(N=O)c(=O)[nH]1. The van der Waals surface area contributed by atoms with Crippen molar-refractivity contribution in [2.75, 3.05) is 25.6 Å². The number of rotatable bonds is 7. The maximum absolute atomic E-state index is 11.7. The highest BCUT2D eigenvalue weighted by atomic mass is 16.5. The van der Waals surface area contributed by atoms with Gasteiger partial charge in [0.05, 0.1) is 12.2 Å². The molecule has 1 aromatic heterocycles. The summed E-state index contributed by atoms with van der Waals surface area (Å²) in [7, 11) is 0. The van der Waals surface area contributed by atoms with Gasteiger partial charge in [0.25, 0.3) is 5.56 Å². The molecule has 8 heteroatoms. The average Bonchev–Trinajstić information content (AvgIpc) is 2.51. The molecule has 0 atom stereocenters. The standard InChI is InChI=1S/C14H16N4O4/c1-2-21-7-8-22-10-6-4-3-5-9(10)13-16-12(15)11(18-20)14(19)17-13/h3-6H,2,7-8H2,1H3,(H3,15,16,17,19). The molecule has 1 aromatic carbocycles. The van der Waals surface area contributed by atoms with Gasteiger partial charge in [-0.25, -0.2) is 4.98 Å². The van der Waals surface area contributed by atoms with E-state index in [4.69, 9.17) is 15.2 Å². The molecule has 0 fully saturated rings. The van der Waals surface area contributed by atoms with Gasteiger partial charge in [0.15, 0.2) is 5.82 Å². The summed E-state index contributed by atoms with van der Waals surface area (Å²) < 4.78 is 10.8. The van der Waals surface area contributed by atoms with Gasteiger partial charge < -0.3 is 20.2 Å². The van der Waals surface area contributed by atoms with Crippen molar-refractivity contribution in [2.45, 2.75) is 6.92 Å². The molecule has 0 bridgehead atoms. The summed E-state index contributed by atoms with van der Waals surface area (Å²) in [5, 5.41) is 2.57. The minimum atomic E-state index is -0.693. The highest BCUT2D eigenvalue weighted by Gasteiger charge is 2.13. The quantitative estimate of drug-likeness (QED) is 0.595. The molecule has 0 saturated heterocycles. The Kier molecular flexibility index (Phi) is 5.21. The number of hydrogen-bond donors (Lipinski definition) is 2. The Hall–Kier alpha value is -2.74. The molecule has 8 nitrogen and oxygen atoms in total. The summed E-state index contributed by atoms with van der Waals surface area (Å²) >= 11 is 0. The minimum absolute atomic E-state index is 0.210. The Balaban J connectivity index is 2.33. The first-order chi connectivity index (χ1) is 10.7. The number of nitrogens with two attached hydrogens (primary N) is 1. The predicted molar refractivity (Wildman–Crippen MR) is 82.1 cm³/mol. The van der Waals surface area contributed by atoms with Crippen LogP contribution in [0.5, 0.6) is 5.75 Å². The molecule has 0 aliphatic carbocycles. The van der Waals surface area contributed by atoms with E-state index in [1.165, 1.54) is 0 Å². The van der Waals surface area contributed by atoms with Gasteiger partial charge in [0.1, 0.15) is 18.2 Å². The first-order valence-corrected chi connectivity index (χ1v) is 6.70. The van der Waals surface area contributed by atoms with Gasteiger partial charge in [-0.1, -0.05) is 12.1 Å². The van der Waals surface area contributed by atoms with Crippen LogP contribution in [0, 0.1) is 4.91 Å². The fraction of sp³-hybridized carbons (Fsp3) is 0.286. The molecule has 0 radical (unpaired) electrons. The molecule has 2 rings (SSSR count). The van der Waals surface area contributed by atoms with E-state index in [9.17, 15) is 9.70 Å². The number of nitrogens with one attached hydrogen (secondary N) is 1. The van der Waals surface area contributed by atoms with Crippen LogP contribution in [-0.2, 0) is 4.74 Å². The largest absolute Gasteiger partial charge is 0.490 e. The van der Waals surface area contributed by atoms with Crippen molar-refractivity contribution in [1.82, 2.24) is 9.97 Å². The maximum atomic E-state index is 11.7. The normalized spacial score (nSPS) is 10.4. The summed E-state index contributed by atoms with van der Waals surface area (Å²) in [6, 6.07) is 7.03. The van der Waals surface area contributed by atoms with Crippen LogP contribution in [0.4, 0.5) is 11.5 Å².